The van der Waals surface area contributed by atoms with Crippen molar-refractivity contribution in [3.63, 3.8) is 0 Å². The summed E-state index contributed by atoms with van der Waals surface area (Å²) >= 11 is 1.25. The summed E-state index contributed by atoms with van der Waals surface area (Å²) in [5, 5.41) is 20.7. The van der Waals surface area contributed by atoms with E-state index in [0.29, 0.717) is 11.3 Å². The average Bonchev–Trinajstić information content (AvgIpc) is 3.64. The smallest absolute Gasteiger partial charge is 0.345 e. The Morgan fingerprint density at radius 3 is 2.83 bits per heavy atom. The van der Waals surface area contributed by atoms with E-state index in [4.69, 9.17) is 0 Å². The zero-order valence-corrected chi connectivity index (χ0v) is 19.6. The minimum Gasteiger partial charge on any atom is -0.477 e. The number of carboxylic acids is 1. The predicted octanol–water partition coefficient (Wildman–Crippen LogP) is 3.93. The third-order valence-electron chi connectivity index (χ3n) is 6.47. The molecule has 0 amide bonds. The van der Waals surface area contributed by atoms with Crippen LogP contribution in [0.15, 0.2) is 64.8 Å². The molecule has 1 atom stereocenters. The molecular formula is C25H20N6O3S. The van der Waals surface area contributed by atoms with Gasteiger partial charge in [-0.3, -0.25) is 9.79 Å². The summed E-state index contributed by atoms with van der Waals surface area (Å²) in [6.45, 7) is 2.01. The fourth-order valence-corrected chi connectivity index (χ4v) is 5.70. The molecular weight excluding hydrogens is 464 g/mol. The number of carbonyl (C=O) groups is 1. The molecule has 6 rings (SSSR count). The van der Waals surface area contributed by atoms with Gasteiger partial charge in [0, 0.05) is 40.5 Å². The maximum Gasteiger partial charge on any atom is 0.345 e. The molecule has 2 aliphatic rings. The monoisotopic (exact) mass is 484 g/mol. The van der Waals surface area contributed by atoms with E-state index in [9.17, 15) is 14.7 Å². The lowest BCUT2D eigenvalue weighted by atomic mass is 10.0. The van der Waals surface area contributed by atoms with Gasteiger partial charge in [0.1, 0.15) is 11.2 Å². The zero-order valence-electron chi connectivity index (χ0n) is 18.8. The average molecular weight is 485 g/mol. The highest BCUT2D eigenvalue weighted by atomic mass is 32.1. The maximum atomic E-state index is 13.4. The summed E-state index contributed by atoms with van der Waals surface area (Å²) in [5.74, 6) is -0.926. The summed E-state index contributed by atoms with van der Waals surface area (Å²) in [6, 6.07) is 13.1. The van der Waals surface area contributed by atoms with E-state index >= 15 is 0 Å². The van der Waals surface area contributed by atoms with Crippen molar-refractivity contribution in [1.29, 1.82) is 0 Å². The first-order valence-corrected chi connectivity index (χ1v) is 12.0. The van der Waals surface area contributed by atoms with Gasteiger partial charge in [0.15, 0.2) is 0 Å². The number of nitrogens with zero attached hydrogens (tertiary/aromatic N) is 6. The van der Waals surface area contributed by atoms with Crippen molar-refractivity contribution in [3.8, 4) is 16.8 Å². The third-order valence-corrected chi connectivity index (χ3v) is 7.62. The Hall–Kier alpha value is -4.18. The fourth-order valence-electron chi connectivity index (χ4n) is 4.85. The molecule has 0 spiro atoms. The molecule has 9 nitrogen and oxygen atoms in total. The number of aliphatic imine (C=N–C) groups is 1. The van der Waals surface area contributed by atoms with Crippen molar-refractivity contribution in [2.24, 2.45) is 4.99 Å². The Balaban J connectivity index is 1.31. The molecule has 1 aromatic carbocycles. The number of hydrogen-bond donors (Lipinski definition) is 1. The summed E-state index contributed by atoms with van der Waals surface area (Å²) < 4.78 is 3.45. The number of thiophene rings is 1. The molecule has 35 heavy (non-hydrogen) atoms. The van der Waals surface area contributed by atoms with Crippen molar-refractivity contribution in [2.75, 3.05) is 0 Å². The Morgan fingerprint density at radius 2 is 2.06 bits per heavy atom. The second-order valence-electron chi connectivity index (χ2n) is 8.69. The van der Waals surface area contributed by atoms with Crippen LogP contribution in [-0.2, 0) is 6.42 Å². The lowest BCUT2D eigenvalue weighted by Crippen LogP contribution is -2.27. The third kappa shape index (κ3) is 3.71. The van der Waals surface area contributed by atoms with Crippen LogP contribution in [0.3, 0.4) is 0 Å². The van der Waals surface area contributed by atoms with Gasteiger partial charge in [-0.25, -0.2) is 4.79 Å². The van der Waals surface area contributed by atoms with Crippen LogP contribution in [-0.4, -0.2) is 41.6 Å². The molecule has 0 radical (unpaired) electrons. The summed E-state index contributed by atoms with van der Waals surface area (Å²) in [4.78, 5) is 30.4. The van der Waals surface area contributed by atoms with Crippen molar-refractivity contribution < 1.29 is 9.90 Å². The number of carboxylic acid groups (broad SMARTS) is 1. The lowest BCUT2D eigenvalue weighted by Gasteiger charge is -2.17. The fraction of sp³-hybridized carbons (Fsp3) is 0.200. The van der Waals surface area contributed by atoms with E-state index < -0.39 is 5.97 Å². The van der Waals surface area contributed by atoms with E-state index in [2.05, 4.69) is 26.6 Å². The molecule has 4 aromatic rings. The first-order chi connectivity index (χ1) is 17.0. The number of rotatable bonds is 5. The highest BCUT2D eigenvalue weighted by Crippen LogP contribution is 2.37. The van der Waals surface area contributed by atoms with E-state index in [0.717, 1.165) is 57.1 Å². The molecule has 0 fully saturated rings. The van der Waals surface area contributed by atoms with Crippen molar-refractivity contribution in [3.05, 3.63) is 86.4 Å². The van der Waals surface area contributed by atoms with Gasteiger partial charge in [-0.15, -0.1) is 16.4 Å². The van der Waals surface area contributed by atoms with Gasteiger partial charge < -0.3 is 9.67 Å². The molecule has 3 aromatic heterocycles. The van der Waals surface area contributed by atoms with Crippen molar-refractivity contribution in [2.45, 2.75) is 32.2 Å². The number of aromatic carboxylic acids is 1. The van der Waals surface area contributed by atoms with E-state index in [1.54, 1.807) is 29.3 Å². The highest BCUT2D eigenvalue weighted by Gasteiger charge is 2.30. The van der Waals surface area contributed by atoms with E-state index in [-0.39, 0.29) is 11.6 Å². The Kier molecular flexibility index (Phi) is 5.03. The zero-order chi connectivity index (χ0) is 24.1. The molecule has 174 valence electrons. The Labute approximate surface area is 203 Å². The first kappa shape index (κ1) is 21.4. The normalized spacial score (nSPS) is 16.8. The second-order valence-corrected chi connectivity index (χ2v) is 9.78. The van der Waals surface area contributed by atoms with Crippen LogP contribution in [0.25, 0.3) is 22.4 Å². The van der Waals surface area contributed by atoms with Gasteiger partial charge in [-0.05, 0) is 71.7 Å². The van der Waals surface area contributed by atoms with Crippen LogP contribution in [0.4, 0.5) is 0 Å². The number of aryl methyl sites for hydroxylation is 2. The molecule has 10 heteroatoms. The topological polar surface area (TPSA) is 115 Å². The largest absolute Gasteiger partial charge is 0.477 e. The number of benzene rings is 1. The van der Waals surface area contributed by atoms with E-state index in [1.807, 2.05) is 35.8 Å². The van der Waals surface area contributed by atoms with Crippen LogP contribution < -0.4 is 5.56 Å². The number of aromatic nitrogens is 5. The molecule has 0 saturated carbocycles. The van der Waals surface area contributed by atoms with Gasteiger partial charge in [0.25, 0.3) is 5.56 Å². The van der Waals surface area contributed by atoms with Crippen LogP contribution in [0, 0.1) is 6.92 Å². The maximum absolute atomic E-state index is 13.4. The quantitative estimate of drug-likeness (QED) is 0.459. The standard InChI is InChI=1S/C25H20N6O3S/c1-14-2-4-20(30-13-27-28-29-30)18(8-14)15-9-17-3-5-21(31(17)24(32)11-15)19-10-16(12-26-19)22-6-7-23(35-22)25(33)34/h2,4,6-9,11-13,21H,3,5,10H2,1H3,(H,33,34)/t21-/m0/s1. The second kappa shape index (κ2) is 8.24. The SMILES string of the molecule is Cc1ccc(-n2cnnn2)c(-c2cc3n(c(=O)c2)[C@H](C2=NC=C(c4ccc(C(=O)O)s4)C2)CC3)c1. The van der Waals surface area contributed by atoms with Gasteiger partial charge >= 0.3 is 5.97 Å². The van der Waals surface area contributed by atoms with Crippen LogP contribution in [0.2, 0.25) is 0 Å². The number of hydrogen-bond acceptors (Lipinski definition) is 7. The van der Waals surface area contributed by atoms with Crippen LogP contribution in [0.5, 0.6) is 0 Å². The van der Waals surface area contributed by atoms with Gasteiger partial charge in [0.05, 0.1) is 11.7 Å². The lowest BCUT2D eigenvalue weighted by molar-refractivity contribution is 0.0702. The van der Waals surface area contributed by atoms with Crippen molar-refractivity contribution >= 4 is 28.6 Å². The minimum absolute atomic E-state index is 0.0652. The van der Waals surface area contributed by atoms with Gasteiger partial charge in [0.2, 0.25) is 0 Å². The number of allylic oxidation sites excluding steroid dienone is 1. The molecule has 0 bridgehead atoms. The molecule has 0 unspecified atom stereocenters. The number of tetrazole rings is 1. The minimum atomic E-state index is -0.926. The summed E-state index contributed by atoms with van der Waals surface area (Å²) in [6.07, 6.45) is 5.53. The van der Waals surface area contributed by atoms with Crippen molar-refractivity contribution in [1.82, 2.24) is 24.8 Å². The molecule has 5 heterocycles. The summed E-state index contributed by atoms with van der Waals surface area (Å²) in [5.41, 5.74) is 6.45. The number of fused-ring (bicyclic) bond motifs is 1. The Bertz CT molecular complexity index is 1600. The van der Waals surface area contributed by atoms with E-state index in [1.165, 1.54) is 11.3 Å². The van der Waals surface area contributed by atoms with Crippen LogP contribution in [0.1, 0.15) is 44.7 Å². The van der Waals surface area contributed by atoms with Crippen LogP contribution >= 0.6 is 11.3 Å². The predicted molar refractivity (Wildman–Crippen MR) is 132 cm³/mol. The highest BCUT2D eigenvalue weighted by molar-refractivity contribution is 7.15. The van der Waals surface area contributed by atoms with Gasteiger partial charge in [-0.1, -0.05) is 11.6 Å². The van der Waals surface area contributed by atoms with Gasteiger partial charge in [-0.2, -0.15) is 4.68 Å². The first-order valence-electron chi connectivity index (χ1n) is 11.2. The summed E-state index contributed by atoms with van der Waals surface area (Å²) in [7, 11) is 0. The molecule has 1 N–H and O–H groups in total. The molecule has 0 aliphatic carbocycles. The number of pyridine rings is 1. The Morgan fingerprint density at radius 1 is 1.17 bits per heavy atom. The molecule has 2 aliphatic heterocycles. The molecule has 0 saturated heterocycles.